The third-order valence-electron chi connectivity index (χ3n) is 5.65. The molecule has 2 amide bonds. The monoisotopic (exact) mass is 483 g/mol. The SMILES string of the molecule is CCCCCCCCCCCC(=O)NCCCCCCNC(=O)C(N)CCC(=O)OC(C)(C)C. The van der Waals surface area contributed by atoms with E-state index in [9.17, 15) is 14.4 Å². The highest BCUT2D eigenvalue weighted by molar-refractivity contribution is 5.82. The molecule has 0 fully saturated rings. The molecule has 0 heterocycles. The van der Waals surface area contributed by atoms with Crippen molar-refractivity contribution in [2.24, 2.45) is 5.73 Å². The first-order valence-corrected chi connectivity index (χ1v) is 13.7. The minimum absolute atomic E-state index is 0.136. The van der Waals surface area contributed by atoms with E-state index in [4.69, 9.17) is 10.5 Å². The van der Waals surface area contributed by atoms with Crippen molar-refractivity contribution in [3.8, 4) is 0 Å². The highest BCUT2D eigenvalue weighted by Gasteiger charge is 2.19. The highest BCUT2D eigenvalue weighted by atomic mass is 16.6. The van der Waals surface area contributed by atoms with Crippen LogP contribution in [0, 0.1) is 0 Å². The van der Waals surface area contributed by atoms with Crippen LogP contribution >= 0.6 is 0 Å². The number of unbranched alkanes of at least 4 members (excludes halogenated alkanes) is 11. The summed E-state index contributed by atoms with van der Waals surface area (Å²) in [6, 6.07) is -0.700. The summed E-state index contributed by atoms with van der Waals surface area (Å²) >= 11 is 0. The molecular formula is C27H53N3O4. The number of esters is 1. The van der Waals surface area contributed by atoms with Crippen LogP contribution in [0.2, 0.25) is 0 Å². The lowest BCUT2D eigenvalue weighted by atomic mass is 10.1. The van der Waals surface area contributed by atoms with E-state index in [-0.39, 0.29) is 30.6 Å². The van der Waals surface area contributed by atoms with Crippen molar-refractivity contribution in [3.63, 3.8) is 0 Å². The third kappa shape index (κ3) is 22.2. The van der Waals surface area contributed by atoms with Crippen molar-refractivity contribution >= 4 is 17.8 Å². The Kier molecular flexibility index (Phi) is 19.7. The number of carbonyl (C=O) groups excluding carboxylic acids is 3. The maximum absolute atomic E-state index is 12.0. The molecule has 0 spiro atoms. The summed E-state index contributed by atoms with van der Waals surface area (Å²) in [5.74, 6) is -0.404. The number of amides is 2. The average Bonchev–Trinajstić information content (AvgIpc) is 2.76. The quantitative estimate of drug-likeness (QED) is 0.154. The fourth-order valence-electron chi connectivity index (χ4n) is 3.66. The van der Waals surface area contributed by atoms with Gasteiger partial charge in [0.2, 0.25) is 11.8 Å². The average molecular weight is 484 g/mol. The van der Waals surface area contributed by atoms with Crippen LogP contribution in [-0.2, 0) is 19.1 Å². The molecule has 0 aromatic carbocycles. The van der Waals surface area contributed by atoms with Crippen LogP contribution in [0.1, 0.15) is 130 Å². The molecule has 0 saturated carbocycles. The molecule has 0 aliphatic carbocycles. The van der Waals surface area contributed by atoms with Crippen LogP contribution in [-0.4, -0.2) is 42.5 Å². The molecule has 0 aliphatic heterocycles. The van der Waals surface area contributed by atoms with Gasteiger partial charge in [-0.25, -0.2) is 0 Å². The Labute approximate surface area is 208 Å². The summed E-state index contributed by atoms with van der Waals surface area (Å²) in [4.78, 5) is 35.6. The smallest absolute Gasteiger partial charge is 0.306 e. The normalized spacial score (nSPS) is 12.3. The standard InChI is InChI=1S/C27H53N3O4/c1-5-6-7-8-9-10-11-12-15-18-24(31)29-21-16-13-14-17-22-30-26(33)23(28)19-20-25(32)34-27(2,3)4/h23H,5-22,28H2,1-4H3,(H,29,31)(H,30,33). The Morgan fingerprint density at radius 2 is 1.24 bits per heavy atom. The topological polar surface area (TPSA) is 111 Å². The molecule has 0 bridgehead atoms. The summed E-state index contributed by atoms with van der Waals surface area (Å²) in [5, 5.41) is 5.83. The molecule has 0 saturated heterocycles. The molecule has 7 heteroatoms. The second-order valence-corrected chi connectivity index (χ2v) is 10.4. The second kappa shape index (κ2) is 20.7. The summed E-state index contributed by atoms with van der Waals surface area (Å²) in [7, 11) is 0. The minimum atomic E-state index is -0.700. The van der Waals surface area contributed by atoms with E-state index in [1.165, 1.54) is 44.9 Å². The first-order valence-electron chi connectivity index (χ1n) is 13.7. The highest BCUT2D eigenvalue weighted by Crippen LogP contribution is 2.11. The van der Waals surface area contributed by atoms with E-state index in [1.54, 1.807) is 0 Å². The van der Waals surface area contributed by atoms with Crippen molar-refractivity contribution in [2.75, 3.05) is 13.1 Å². The Bertz CT molecular complexity index is 546. The maximum Gasteiger partial charge on any atom is 0.306 e. The molecule has 0 aromatic rings. The number of hydrogen-bond donors (Lipinski definition) is 3. The predicted octanol–water partition coefficient (Wildman–Crippen LogP) is 5.15. The second-order valence-electron chi connectivity index (χ2n) is 10.4. The van der Waals surface area contributed by atoms with Gasteiger partial charge >= 0.3 is 5.97 Å². The Morgan fingerprint density at radius 3 is 1.79 bits per heavy atom. The van der Waals surface area contributed by atoms with Gasteiger partial charge in [0.15, 0.2) is 0 Å². The van der Waals surface area contributed by atoms with Crippen molar-refractivity contribution in [3.05, 3.63) is 0 Å². The Morgan fingerprint density at radius 1 is 0.735 bits per heavy atom. The van der Waals surface area contributed by atoms with Gasteiger partial charge in [-0.15, -0.1) is 0 Å². The number of ether oxygens (including phenoxy) is 1. The first-order chi connectivity index (χ1) is 16.2. The van der Waals surface area contributed by atoms with E-state index >= 15 is 0 Å². The number of hydrogen-bond acceptors (Lipinski definition) is 5. The van der Waals surface area contributed by atoms with Crippen LogP contribution in [0.25, 0.3) is 0 Å². The van der Waals surface area contributed by atoms with Crippen molar-refractivity contribution in [2.45, 2.75) is 142 Å². The fourth-order valence-corrected chi connectivity index (χ4v) is 3.66. The van der Waals surface area contributed by atoms with Gasteiger partial charge in [-0.2, -0.15) is 0 Å². The number of nitrogens with one attached hydrogen (secondary N) is 2. The number of nitrogens with two attached hydrogens (primary N) is 1. The van der Waals surface area contributed by atoms with Crippen LogP contribution in [0.15, 0.2) is 0 Å². The first kappa shape index (κ1) is 32.4. The lowest BCUT2D eigenvalue weighted by Crippen LogP contribution is -2.41. The summed E-state index contributed by atoms with van der Waals surface area (Å²) in [6.45, 7) is 8.96. The van der Waals surface area contributed by atoms with Gasteiger partial charge in [0, 0.05) is 25.9 Å². The van der Waals surface area contributed by atoms with E-state index in [1.807, 2.05) is 20.8 Å². The van der Waals surface area contributed by atoms with Gasteiger partial charge in [0.1, 0.15) is 5.60 Å². The van der Waals surface area contributed by atoms with Crippen LogP contribution in [0.4, 0.5) is 0 Å². The van der Waals surface area contributed by atoms with Gasteiger partial charge < -0.3 is 21.1 Å². The van der Waals surface area contributed by atoms with E-state index in [0.717, 1.165) is 45.1 Å². The molecule has 200 valence electrons. The Balaban J connectivity index is 3.51. The van der Waals surface area contributed by atoms with E-state index in [2.05, 4.69) is 17.6 Å². The summed E-state index contributed by atoms with van der Waals surface area (Å²) < 4.78 is 5.22. The van der Waals surface area contributed by atoms with Gasteiger partial charge in [-0.05, 0) is 46.5 Å². The number of rotatable bonds is 21. The van der Waals surface area contributed by atoms with Gasteiger partial charge in [-0.3, -0.25) is 14.4 Å². The van der Waals surface area contributed by atoms with Gasteiger partial charge in [0.25, 0.3) is 0 Å². The molecule has 1 unspecified atom stereocenters. The fraction of sp³-hybridized carbons (Fsp3) is 0.889. The zero-order valence-electron chi connectivity index (χ0n) is 22.5. The largest absolute Gasteiger partial charge is 0.460 e. The van der Waals surface area contributed by atoms with Crippen molar-refractivity contribution in [1.82, 2.24) is 10.6 Å². The van der Waals surface area contributed by atoms with Crippen LogP contribution in [0.5, 0.6) is 0 Å². The summed E-state index contributed by atoms with van der Waals surface area (Å²) in [6.07, 6.45) is 16.2. The van der Waals surface area contributed by atoms with Crippen LogP contribution < -0.4 is 16.4 Å². The maximum atomic E-state index is 12.0. The minimum Gasteiger partial charge on any atom is -0.460 e. The molecule has 0 radical (unpaired) electrons. The predicted molar refractivity (Wildman–Crippen MR) is 139 cm³/mol. The molecule has 34 heavy (non-hydrogen) atoms. The van der Waals surface area contributed by atoms with Gasteiger partial charge in [0.05, 0.1) is 6.04 Å². The van der Waals surface area contributed by atoms with Gasteiger partial charge in [-0.1, -0.05) is 71.1 Å². The van der Waals surface area contributed by atoms with Crippen molar-refractivity contribution < 1.29 is 19.1 Å². The number of carbonyl (C=O) groups is 3. The summed E-state index contributed by atoms with van der Waals surface area (Å²) in [5.41, 5.74) is 5.33. The third-order valence-corrected chi connectivity index (χ3v) is 5.65. The molecular weight excluding hydrogens is 430 g/mol. The molecule has 0 aromatic heterocycles. The molecule has 4 N–H and O–H groups in total. The molecule has 0 aliphatic rings. The van der Waals surface area contributed by atoms with E-state index in [0.29, 0.717) is 13.0 Å². The zero-order chi connectivity index (χ0) is 25.7. The van der Waals surface area contributed by atoms with E-state index < -0.39 is 11.6 Å². The van der Waals surface area contributed by atoms with Crippen molar-refractivity contribution in [1.29, 1.82) is 0 Å². The molecule has 1 atom stereocenters. The Hall–Kier alpha value is -1.63. The lowest BCUT2D eigenvalue weighted by molar-refractivity contribution is -0.155. The van der Waals surface area contributed by atoms with Crippen LogP contribution in [0.3, 0.4) is 0 Å². The molecule has 0 rings (SSSR count). The zero-order valence-corrected chi connectivity index (χ0v) is 22.5. The lowest BCUT2D eigenvalue weighted by Gasteiger charge is -2.20. The molecule has 7 nitrogen and oxygen atoms in total.